The van der Waals surface area contributed by atoms with Crippen LogP contribution in [0.1, 0.15) is 16.8 Å². The Hall–Kier alpha value is -2.53. The number of thiazole rings is 1. The monoisotopic (exact) mass is 340 g/mol. The average molecular weight is 340 g/mol. The molecule has 0 radical (unpaired) electrons. The fraction of sp³-hybridized carbons (Fsp3) is 0.158. The van der Waals surface area contributed by atoms with E-state index < -0.39 is 0 Å². The Morgan fingerprint density at radius 2 is 1.92 bits per heavy atom. The summed E-state index contributed by atoms with van der Waals surface area (Å²) in [6.07, 6.45) is 0.235. The van der Waals surface area contributed by atoms with Crippen LogP contribution in [-0.2, 0) is 17.8 Å². The second-order valence-corrected chi connectivity index (χ2v) is 6.39. The van der Waals surface area contributed by atoms with Crippen LogP contribution in [0, 0.1) is 12.7 Å². The lowest BCUT2D eigenvalue weighted by Crippen LogP contribution is -2.24. The Morgan fingerprint density at radius 1 is 1.17 bits per heavy atom. The molecule has 3 rings (SSSR count). The van der Waals surface area contributed by atoms with Crippen molar-refractivity contribution in [3.63, 3.8) is 0 Å². The molecular formula is C19H17FN2OS. The minimum absolute atomic E-state index is 0.0910. The zero-order chi connectivity index (χ0) is 16.9. The molecule has 0 aliphatic carbocycles. The fourth-order valence-electron chi connectivity index (χ4n) is 2.40. The average Bonchev–Trinajstić information content (AvgIpc) is 3.02. The highest BCUT2D eigenvalue weighted by atomic mass is 32.1. The number of nitrogens with one attached hydrogen (secondary N) is 1. The predicted molar refractivity (Wildman–Crippen MR) is 94.2 cm³/mol. The van der Waals surface area contributed by atoms with Gasteiger partial charge in [0.05, 0.1) is 6.42 Å². The number of carbonyl (C=O) groups excluding carboxylic acids is 1. The fourth-order valence-corrected chi connectivity index (χ4v) is 3.26. The van der Waals surface area contributed by atoms with Crippen molar-refractivity contribution in [1.29, 1.82) is 0 Å². The molecule has 0 unspecified atom stereocenters. The topological polar surface area (TPSA) is 42.0 Å². The first-order valence-corrected chi connectivity index (χ1v) is 8.51. The van der Waals surface area contributed by atoms with E-state index in [2.05, 4.69) is 10.3 Å². The van der Waals surface area contributed by atoms with Gasteiger partial charge in [-0.25, -0.2) is 9.37 Å². The van der Waals surface area contributed by atoms with Gasteiger partial charge in [0.25, 0.3) is 0 Å². The molecule has 0 fully saturated rings. The number of amides is 1. The molecule has 0 spiro atoms. The van der Waals surface area contributed by atoms with Gasteiger partial charge in [0.2, 0.25) is 5.91 Å². The number of nitrogens with zero attached hydrogens (tertiary/aromatic N) is 1. The number of halogens is 1. The molecule has 0 saturated carbocycles. The highest BCUT2D eigenvalue weighted by molar-refractivity contribution is 7.13. The highest BCUT2D eigenvalue weighted by Gasteiger charge is 2.10. The van der Waals surface area contributed by atoms with Crippen molar-refractivity contribution in [2.45, 2.75) is 19.9 Å². The van der Waals surface area contributed by atoms with Gasteiger partial charge in [0.15, 0.2) is 0 Å². The highest BCUT2D eigenvalue weighted by Crippen LogP contribution is 2.26. The first kappa shape index (κ1) is 16.3. The van der Waals surface area contributed by atoms with Crippen molar-refractivity contribution in [3.05, 3.63) is 76.5 Å². The van der Waals surface area contributed by atoms with E-state index in [1.165, 1.54) is 12.1 Å². The zero-order valence-corrected chi connectivity index (χ0v) is 14.1. The molecule has 1 amide bonds. The standard InChI is InChI=1S/C19H17FN2OS/c1-13-12-24-19(22-13)17-5-3-2-4-15(17)11-21-18(23)10-14-6-8-16(20)9-7-14/h2-9,12H,10-11H2,1H3,(H,21,23). The molecule has 2 aromatic carbocycles. The molecule has 0 atom stereocenters. The molecule has 3 aromatic rings. The number of benzene rings is 2. The molecule has 24 heavy (non-hydrogen) atoms. The normalized spacial score (nSPS) is 10.6. The van der Waals surface area contributed by atoms with Crippen LogP contribution in [0.15, 0.2) is 53.9 Å². The van der Waals surface area contributed by atoms with E-state index in [1.807, 2.05) is 36.6 Å². The van der Waals surface area contributed by atoms with Gasteiger partial charge in [-0.15, -0.1) is 11.3 Å². The van der Waals surface area contributed by atoms with Gasteiger partial charge in [0, 0.05) is 23.2 Å². The summed E-state index contributed by atoms with van der Waals surface area (Å²) in [4.78, 5) is 16.6. The third kappa shape index (κ3) is 4.06. The van der Waals surface area contributed by atoms with E-state index in [-0.39, 0.29) is 18.1 Å². The van der Waals surface area contributed by atoms with Crippen molar-refractivity contribution in [2.24, 2.45) is 0 Å². The number of carbonyl (C=O) groups is 1. The van der Waals surface area contributed by atoms with Crippen LogP contribution in [0.2, 0.25) is 0 Å². The summed E-state index contributed by atoms with van der Waals surface area (Å²) in [6.45, 7) is 2.40. The largest absolute Gasteiger partial charge is 0.352 e. The maximum atomic E-state index is 12.9. The first-order chi connectivity index (χ1) is 11.6. The Morgan fingerprint density at radius 3 is 2.62 bits per heavy atom. The summed E-state index contributed by atoms with van der Waals surface area (Å²) in [6, 6.07) is 13.9. The molecule has 0 saturated heterocycles. The van der Waals surface area contributed by atoms with E-state index in [9.17, 15) is 9.18 Å². The van der Waals surface area contributed by atoms with Crippen LogP contribution in [0.25, 0.3) is 10.6 Å². The third-order valence-electron chi connectivity index (χ3n) is 3.62. The molecule has 3 nitrogen and oxygen atoms in total. The molecule has 1 N–H and O–H groups in total. The van der Waals surface area contributed by atoms with Crippen LogP contribution in [-0.4, -0.2) is 10.9 Å². The molecular weight excluding hydrogens is 323 g/mol. The molecule has 1 aromatic heterocycles. The first-order valence-electron chi connectivity index (χ1n) is 7.63. The van der Waals surface area contributed by atoms with Crippen molar-refractivity contribution >= 4 is 17.2 Å². The van der Waals surface area contributed by atoms with E-state index in [1.54, 1.807) is 23.5 Å². The van der Waals surface area contributed by atoms with Gasteiger partial charge in [-0.05, 0) is 30.2 Å². The zero-order valence-electron chi connectivity index (χ0n) is 13.3. The van der Waals surface area contributed by atoms with Gasteiger partial charge in [-0.3, -0.25) is 4.79 Å². The molecule has 1 heterocycles. The SMILES string of the molecule is Cc1csc(-c2ccccc2CNC(=O)Cc2ccc(F)cc2)n1. The summed E-state index contributed by atoms with van der Waals surface area (Å²) in [5.74, 6) is -0.390. The molecule has 122 valence electrons. The number of rotatable bonds is 5. The quantitative estimate of drug-likeness (QED) is 0.759. The van der Waals surface area contributed by atoms with E-state index in [0.29, 0.717) is 6.54 Å². The van der Waals surface area contributed by atoms with Crippen LogP contribution in [0.3, 0.4) is 0 Å². The van der Waals surface area contributed by atoms with Crippen molar-refractivity contribution in [2.75, 3.05) is 0 Å². The summed E-state index contributed by atoms with van der Waals surface area (Å²) < 4.78 is 12.9. The van der Waals surface area contributed by atoms with Gasteiger partial charge in [-0.2, -0.15) is 0 Å². The molecule has 0 aliphatic rings. The summed E-state index contributed by atoms with van der Waals surface area (Å²) in [5.41, 5.74) is 3.85. The predicted octanol–water partition coefficient (Wildman–Crippen LogP) is 4.12. The number of hydrogen-bond acceptors (Lipinski definition) is 3. The lowest BCUT2D eigenvalue weighted by atomic mass is 10.1. The van der Waals surface area contributed by atoms with Crippen LogP contribution in [0.4, 0.5) is 4.39 Å². The number of hydrogen-bond donors (Lipinski definition) is 1. The van der Waals surface area contributed by atoms with E-state index in [4.69, 9.17) is 0 Å². The van der Waals surface area contributed by atoms with Crippen molar-refractivity contribution < 1.29 is 9.18 Å². The molecule has 0 bridgehead atoms. The number of aromatic nitrogens is 1. The Bertz CT molecular complexity index is 843. The lowest BCUT2D eigenvalue weighted by Gasteiger charge is -2.09. The third-order valence-corrected chi connectivity index (χ3v) is 4.61. The maximum Gasteiger partial charge on any atom is 0.224 e. The Balaban J connectivity index is 1.66. The van der Waals surface area contributed by atoms with Gasteiger partial charge >= 0.3 is 0 Å². The number of aryl methyl sites for hydroxylation is 1. The van der Waals surface area contributed by atoms with Gasteiger partial charge in [-0.1, -0.05) is 36.4 Å². The van der Waals surface area contributed by atoms with E-state index >= 15 is 0 Å². The van der Waals surface area contributed by atoms with Crippen LogP contribution < -0.4 is 5.32 Å². The maximum absolute atomic E-state index is 12.9. The minimum atomic E-state index is -0.299. The smallest absolute Gasteiger partial charge is 0.224 e. The Kier molecular flexibility index (Phi) is 5.01. The van der Waals surface area contributed by atoms with E-state index in [0.717, 1.165) is 27.4 Å². The van der Waals surface area contributed by atoms with Crippen molar-refractivity contribution in [1.82, 2.24) is 10.3 Å². The summed E-state index contributed by atoms with van der Waals surface area (Å²) >= 11 is 1.60. The molecule has 5 heteroatoms. The second kappa shape index (κ2) is 7.36. The van der Waals surface area contributed by atoms with Crippen LogP contribution >= 0.6 is 11.3 Å². The Labute approximate surface area is 144 Å². The second-order valence-electron chi connectivity index (χ2n) is 5.53. The van der Waals surface area contributed by atoms with Gasteiger partial charge in [0.1, 0.15) is 10.8 Å². The van der Waals surface area contributed by atoms with Gasteiger partial charge < -0.3 is 5.32 Å². The van der Waals surface area contributed by atoms with Crippen LogP contribution in [0.5, 0.6) is 0 Å². The molecule has 0 aliphatic heterocycles. The minimum Gasteiger partial charge on any atom is -0.352 e. The summed E-state index contributed by atoms with van der Waals surface area (Å²) in [7, 11) is 0. The van der Waals surface area contributed by atoms with Crippen molar-refractivity contribution in [3.8, 4) is 10.6 Å². The lowest BCUT2D eigenvalue weighted by molar-refractivity contribution is -0.120. The summed E-state index contributed by atoms with van der Waals surface area (Å²) in [5, 5.41) is 5.89.